The van der Waals surface area contributed by atoms with Crippen LogP contribution in [-0.4, -0.2) is 31.1 Å². The van der Waals surface area contributed by atoms with Gasteiger partial charge in [0.1, 0.15) is 5.75 Å². The van der Waals surface area contributed by atoms with Crippen LogP contribution in [0.5, 0.6) is 5.75 Å². The first-order valence-corrected chi connectivity index (χ1v) is 7.98. The number of amides is 2. The molecule has 0 saturated carbocycles. The highest BCUT2D eigenvalue weighted by atomic mass is 19.4. The lowest BCUT2D eigenvalue weighted by Crippen LogP contribution is -2.27. The molecule has 1 aromatic carbocycles. The van der Waals surface area contributed by atoms with Crippen LogP contribution in [0, 0.1) is 0 Å². The quantitative estimate of drug-likeness (QED) is 0.659. The van der Waals surface area contributed by atoms with Crippen molar-refractivity contribution in [1.29, 1.82) is 0 Å². The van der Waals surface area contributed by atoms with E-state index in [1.807, 2.05) is 0 Å². The second-order valence-electron chi connectivity index (χ2n) is 5.64. The Morgan fingerprint density at radius 2 is 1.79 bits per heavy atom. The van der Waals surface area contributed by atoms with Gasteiger partial charge in [-0.3, -0.25) is 9.59 Å². The van der Waals surface area contributed by atoms with Gasteiger partial charge in [-0.25, -0.2) is 0 Å². The molecule has 0 aliphatic rings. The van der Waals surface area contributed by atoms with Gasteiger partial charge in [-0.1, -0.05) is 0 Å². The van der Waals surface area contributed by atoms with Crippen molar-refractivity contribution in [1.82, 2.24) is 5.32 Å². The van der Waals surface area contributed by atoms with E-state index in [1.165, 1.54) is 18.4 Å². The fraction of sp³-hybridized carbons (Fsp3) is 0.294. The monoisotopic (exact) mass is 424 g/mol. The van der Waals surface area contributed by atoms with Crippen molar-refractivity contribution in [3.63, 3.8) is 0 Å². The number of alkyl halides is 6. The third-order valence-corrected chi connectivity index (χ3v) is 3.35. The molecular formula is C17H14F6N2O4. The zero-order chi connectivity index (χ0) is 21.7. The predicted molar refractivity (Wildman–Crippen MR) is 87.3 cm³/mol. The van der Waals surface area contributed by atoms with Crippen molar-refractivity contribution in [3.8, 4) is 5.75 Å². The highest BCUT2D eigenvalue weighted by molar-refractivity contribution is 5.94. The number of carbonyl (C=O) groups is 2. The molecule has 158 valence electrons. The van der Waals surface area contributed by atoms with Crippen molar-refractivity contribution in [3.05, 3.63) is 47.9 Å². The van der Waals surface area contributed by atoms with Gasteiger partial charge in [0, 0.05) is 13.0 Å². The Balaban J connectivity index is 2.03. The Hall–Kier alpha value is -3.18. The second kappa shape index (κ2) is 8.88. The summed E-state index contributed by atoms with van der Waals surface area (Å²) in [6, 6.07) is 4.53. The number of benzene rings is 1. The van der Waals surface area contributed by atoms with Crippen LogP contribution in [0.2, 0.25) is 0 Å². The molecule has 0 unspecified atom stereocenters. The van der Waals surface area contributed by atoms with Crippen LogP contribution >= 0.6 is 0 Å². The largest absolute Gasteiger partial charge is 0.482 e. The molecule has 2 rings (SSSR count). The van der Waals surface area contributed by atoms with E-state index < -0.39 is 47.8 Å². The molecule has 2 amide bonds. The first kappa shape index (κ1) is 22.1. The molecule has 6 nitrogen and oxygen atoms in total. The lowest BCUT2D eigenvalue weighted by Gasteiger charge is -2.16. The molecule has 0 fully saturated rings. The summed E-state index contributed by atoms with van der Waals surface area (Å²) in [5.41, 5.74) is -1.76. The van der Waals surface area contributed by atoms with Crippen LogP contribution in [-0.2, 0) is 11.0 Å². The molecular weight excluding hydrogens is 410 g/mol. The van der Waals surface area contributed by atoms with Crippen molar-refractivity contribution in [2.24, 2.45) is 0 Å². The van der Waals surface area contributed by atoms with Gasteiger partial charge in [-0.2, -0.15) is 26.3 Å². The number of anilines is 1. The van der Waals surface area contributed by atoms with Crippen LogP contribution < -0.4 is 15.4 Å². The van der Waals surface area contributed by atoms with Gasteiger partial charge >= 0.3 is 12.4 Å². The van der Waals surface area contributed by atoms with Gasteiger partial charge < -0.3 is 19.8 Å². The van der Waals surface area contributed by atoms with Gasteiger partial charge in [0.05, 0.1) is 17.5 Å². The molecule has 0 bridgehead atoms. The molecule has 0 spiro atoms. The van der Waals surface area contributed by atoms with Crippen LogP contribution in [0.1, 0.15) is 22.5 Å². The molecule has 0 atom stereocenters. The Bertz CT molecular complexity index is 847. The summed E-state index contributed by atoms with van der Waals surface area (Å²) in [7, 11) is 0. The maximum Gasteiger partial charge on any atom is 0.422 e. The molecule has 0 saturated heterocycles. The van der Waals surface area contributed by atoms with E-state index in [9.17, 15) is 35.9 Å². The van der Waals surface area contributed by atoms with Gasteiger partial charge in [0.25, 0.3) is 5.91 Å². The number of nitrogens with one attached hydrogen (secondary N) is 2. The number of hydrogen-bond acceptors (Lipinski definition) is 4. The van der Waals surface area contributed by atoms with Gasteiger partial charge in [-0.05, 0) is 30.3 Å². The number of hydrogen-bond donors (Lipinski definition) is 2. The molecule has 0 aliphatic carbocycles. The molecule has 0 aliphatic heterocycles. The lowest BCUT2D eigenvalue weighted by molar-refractivity contribution is -0.153. The Kier molecular flexibility index (Phi) is 6.77. The average Bonchev–Trinajstić information content (AvgIpc) is 3.13. The van der Waals surface area contributed by atoms with E-state index in [1.54, 1.807) is 0 Å². The predicted octanol–water partition coefficient (Wildman–Crippen LogP) is 4.00. The van der Waals surface area contributed by atoms with Gasteiger partial charge in [0.15, 0.2) is 12.4 Å². The van der Waals surface area contributed by atoms with Crippen molar-refractivity contribution in [2.75, 3.05) is 18.5 Å². The summed E-state index contributed by atoms with van der Waals surface area (Å²) in [6.45, 7) is -1.94. The zero-order valence-corrected chi connectivity index (χ0v) is 14.5. The second-order valence-corrected chi connectivity index (χ2v) is 5.64. The fourth-order valence-corrected chi connectivity index (χ4v) is 2.09. The number of halogens is 6. The zero-order valence-electron chi connectivity index (χ0n) is 14.5. The lowest BCUT2D eigenvalue weighted by atomic mass is 10.1. The van der Waals surface area contributed by atoms with Crippen molar-refractivity contribution in [2.45, 2.75) is 18.8 Å². The number of carbonyl (C=O) groups excluding carboxylic acids is 2. The molecule has 12 heteroatoms. The summed E-state index contributed by atoms with van der Waals surface area (Å²) >= 11 is 0. The molecule has 29 heavy (non-hydrogen) atoms. The van der Waals surface area contributed by atoms with Crippen molar-refractivity contribution >= 4 is 17.5 Å². The minimum Gasteiger partial charge on any atom is -0.482 e. The number of ether oxygens (including phenoxy) is 1. The maximum absolute atomic E-state index is 12.8. The van der Waals surface area contributed by atoms with Crippen LogP contribution in [0.25, 0.3) is 0 Å². The van der Waals surface area contributed by atoms with E-state index in [0.29, 0.717) is 18.2 Å². The summed E-state index contributed by atoms with van der Waals surface area (Å²) in [6.07, 6.45) is -8.60. The summed E-state index contributed by atoms with van der Waals surface area (Å²) in [4.78, 5) is 23.6. The van der Waals surface area contributed by atoms with E-state index in [-0.39, 0.29) is 18.7 Å². The molecule has 2 aromatic rings. The average molecular weight is 424 g/mol. The molecule has 2 N–H and O–H groups in total. The maximum atomic E-state index is 12.8. The third kappa shape index (κ3) is 7.05. The van der Waals surface area contributed by atoms with Gasteiger partial charge in [0.2, 0.25) is 5.91 Å². The Morgan fingerprint density at radius 1 is 1.07 bits per heavy atom. The topological polar surface area (TPSA) is 80.6 Å². The van der Waals surface area contributed by atoms with E-state index >= 15 is 0 Å². The van der Waals surface area contributed by atoms with Crippen molar-refractivity contribution < 1.29 is 45.1 Å². The van der Waals surface area contributed by atoms with E-state index in [0.717, 1.165) is 0 Å². The molecule has 0 radical (unpaired) electrons. The van der Waals surface area contributed by atoms with Crippen LogP contribution in [0.3, 0.4) is 0 Å². The Morgan fingerprint density at radius 3 is 2.38 bits per heavy atom. The SMILES string of the molecule is O=C(CCNC(=O)c1ccco1)Nc1cc(C(F)(F)F)ccc1OCC(F)(F)F. The first-order valence-electron chi connectivity index (χ1n) is 7.98. The minimum absolute atomic E-state index is 0.00822. The summed E-state index contributed by atoms with van der Waals surface area (Å²) in [5, 5.41) is 4.41. The molecule has 1 heterocycles. The summed E-state index contributed by atoms with van der Waals surface area (Å²) in [5.74, 6) is -2.05. The van der Waals surface area contributed by atoms with E-state index in [4.69, 9.17) is 4.42 Å². The third-order valence-electron chi connectivity index (χ3n) is 3.35. The number of furan rings is 1. The highest BCUT2D eigenvalue weighted by Crippen LogP contribution is 2.35. The summed E-state index contributed by atoms with van der Waals surface area (Å²) < 4.78 is 84.8. The van der Waals surface area contributed by atoms with Gasteiger partial charge in [-0.15, -0.1) is 0 Å². The highest BCUT2D eigenvalue weighted by Gasteiger charge is 2.32. The fourth-order valence-electron chi connectivity index (χ4n) is 2.09. The standard InChI is InChI=1S/C17H14F6N2O4/c18-16(19,20)9-29-12-4-3-10(17(21,22)23)8-11(12)25-14(26)5-6-24-15(27)13-2-1-7-28-13/h1-4,7-8H,5-6,9H2,(H,24,27)(H,25,26). The first-order chi connectivity index (χ1) is 13.5. The Labute approximate surface area is 159 Å². The number of rotatable bonds is 7. The smallest absolute Gasteiger partial charge is 0.422 e. The normalized spacial score (nSPS) is 11.8. The van der Waals surface area contributed by atoms with Crippen LogP contribution in [0.15, 0.2) is 41.0 Å². The molecule has 1 aromatic heterocycles. The minimum atomic E-state index is -4.78. The van der Waals surface area contributed by atoms with Crippen LogP contribution in [0.4, 0.5) is 32.0 Å². The van der Waals surface area contributed by atoms with E-state index in [2.05, 4.69) is 15.4 Å².